The average molecular weight is 313 g/mol. The van der Waals surface area contributed by atoms with Crippen molar-refractivity contribution < 1.29 is 8.42 Å². The Hall–Kier alpha value is -1.78. The summed E-state index contributed by atoms with van der Waals surface area (Å²) in [6.45, 7) is 4.74. The van der Waals surface area contributed by atoms with E-state index in [1.807, 2.05) is 6.92 Å². The molecule has 0 aliphatic rings. The van der Waals surface area contributed by atoms with Crippen LogP contribution in [-0.4, -0.2) is 40.4 Å². The molecule has 0 unspecified atom stereocenters. The van der Waals surface area contributed by atoms with E-state index in [4.69, 9.17) is 0 Å². The number of sulfonamides is 1. The number of H-pyrrole nitrogens is 1. The van der Waals surface area contributed by atoms with Crippen LogP contribution in [0, 0.1) is 6.92 Å². The minimum absolute atomic E-state index is 0.0831. The van der Waals surface area contributed by atoms with E-state index in [-0.39, 0.29) is 11.4 Å². The summed E-state index contributed by atoms with van der Waals surface area (Å²) in [6, 6.07) is 0. The highest BCUT2D eigenvalue weighted by Crippen LogP contribution is 2.17. The van der Waals surface area contributed by atoms with Crippen LogP contribution < -0.4 is 10.0 Å². The Bertz CT molecular complexity index is 704. The van der Waals surface area contributed by atoms with Crippen molar-refractivity contribution in [3.63, 3.8) is 0 Å². The SMILES string of the molecule is CCn1cnnc1CNS(=O)(=O)c1c(CNC)n[nH]c1C. The van der Waals surface area contributed by atoms with E-state index in [2.05, 4.69) is 30.4 Å². The largest absolute Gasteiger partial charge is 0.317 e. The number of hydrogen-bond donors (Lipinski definition) is 3. The van der Waals surface area contributed by atoms with Crippen LogP contribution in [0.15, 0.2) is 11.2 Å². The lowest BCUT2D eigenvalue weighted by atomic mass is 10.4. The van der Waals surface area contributed by atoms with Gasteiger partial charge in [0.15, 0.2) is 0 Å². The van der Waals surface area contributed by atoms with Crippen molar-refractivity contribution in [1.82, 2.24) is 35.0 Å². The van der Waals surface area contributed by atoms with Gasteiger partial charge < -0.3 is 9.88 Å². The molecule has 0 amide bonds. The van der Waals surface area contributed by atoms with Crippen LogP contribution in [0.4, 0.5) is 0 Å². The summed E-state index contributed by atoms with van der Waals surface area (Å²) in [6.07, 6.45) is 1.57. The summed E-state index contributed by atoms with van der Waals surface area (Å²) in [5.74, 6) is 0.567. The fraction of sp³-hybridized carbons (Fsp3) is 0.545. The summed E-state index contributed by atoms with van der Waals surface area (Å²) in [5, 5.41) is 17.3. The summed E-state index contributed by atoms with van der Waals surface area (Å²) in [4.78, 5) is 0.180. The maximum absolute atomic E-state index is 12.4. The Kier molecular flexibility index (Phi) is 4.70. The van der Waals surface area contributed by atoms with Gasteiger partial charge in [-0.15, -0.1) is 10.2 Å². The van der Waals surface area contributed by atoms with Gasteiger partial charge in [-0.3, -0.25) is 5.10 Å². The third-order valence-corrected chi connectivity index (χ3v) is 4.63. The Morgan fingerprint density at radius 3 is 2.81 bits per heavy atom. The van der Waals surface area contributed by atoms with Gasteiger partial charge in [0, 0.05) is 13.1 Å². The van der Waals surface area contributed by atoms with Crippen LogP contribution in [-0.2, 0) is 29.7 Å². The lowest BCUT2D eigenvalue weighted by Gasteiger charge is -2.08. The standard InChI is InChI=1S/C11H19N7O2S/c1-4-18-7-13-17-10(18)6-14-21(19,20)11-8(2)15-16-9(11)5-12-3/h7,12,14H,4-6H2,1-3H3,(H,15,16). The van der Waals surface area contributed by atoms with Gasteiger partial charge in [0.2, 0.25) is 10.0 Å². The van der Waals surface area contributed by atoms with E-state index in [1.54, 1.807) is 24.9 Å². The molecule has 0 saturated heterocycles. The second kappa shape index (κ2) is 6.33. The smallest absolute Gasteiger partial charge is 0.244 e. The van der Waals surface area contributed by atoms with E-state index in [0.29, 0.717) is 30.3 Å². The van der Waals surface area contributed by atoms with Crippen LogP contribution in [0.5, 0.6) is 0 Å². The molecule has 2 aromatic heterocycles. The molecule has 9 nitrogen and oxygen atoms in total. The molecule has 0 aliphatic carbocycles. The first-order chi connectivity index (χ1) is 9.99. The number of aromatic amines is 1. The van der Waals surface area contributed by atoms with E-state index >= 15 is 0 Å². The first-order valence-corrected chi connectivity index (χ1v) is 8.02. The Labute approximate surface area is 123 Å². The average Bonchev–Trinajstić information content (AvgIpc) is 3.03. The molecule has 0 fully saturated rings. The molecule has 0 aromatic carbocycles. The zero-order valence-corrected chi connectivity index (χ0v) is 13.0. The highest BCUT2D eigenvalue weighted by Gasteiger charge is 2.24. The molecule has 0 radical (unpaired) electrons. The number of aryl methyl sites for hydroxylation is 2. The van der Waals surface area contributed by atoms with Gasteiger partial charge in [-0.25, -0.2) is 13.1 Å². The van der Waals surface area contributed by atoms with Gasteiger partial charge >= 0.3 is 0 Å². The summed E-state index contributed by atoms with van der Waals surface area (Å²) < 4.78 is 29.2. The van der Waals surface area contributed by atoms with Crippen molar-refractivity contribution >= 4 is 10.0 Å². The van der Waals surface area contributed by atoms with E-state index in [0.717, 1.165) is 0 Å². The van der Waals surface area contributed by atoms with E-state index < -0.39 is 10.0 Å². The van der Waals surface area contributed by atoms with Crippen LogP contribution >= 0.6 is 0 Å². The number of hydrogen-bond acceptors (Lipinski definition) is 6. The highest BCUT2D eigenvalue weighted by molar-refractivity contribution is 7.89. The molecule has 21 heavy (non-hydrogen) atoms. The molecule has 2 rings (SSSR count). The number of aromatic nitrogens is 5. The van der Waals surface area contributed by atoms with Crippen LogP contribution in [0.3, 0.4) is 0 Å². The lowest BCUT2D eigenvalue weighted by Crippen LogP contribution is -2.26. The Balaban J connectivity index is 2.21. The summed E-state index contributed by atoms with van der Waals surface area (Å²) >= 11 is 0. The summed E-state index contributed by atoms with van der Waals surface area (Å²) in [5.41, 5.74) is 0.962. The maximum atomic E-state index is 12.4. The van der Waals surface area contributed by atoms with Gasteiger partial charge in [0.25, 0.3) is 0 Å². The van der Waals surface area contributed by atoms with Crippen molar-refractivity contribution in [2.24, 2.45) is 0 Å². The highest BCUT2D eigenvalue weighted by atomic mass is 32.2. The molecule has 0 saturated carbocycles. The lowest BCUT2D eigenvalue weighted by molar-refractivity contribution is 0.572. The van der Waals surface area contributed by atoms with Crippen molar-refractivity contribution in [3.8, 4) is 0 Å². The predicted octanol–water partition coefficient (Wildman–Crippen LogP) is -0.473. The van der Waals surface area contributed by atoms with Crippen molar-refractivity contribution in [3.05, 3.63) is 23.5 Å². The molecular weight excluding hydrogens is 294 g/mol. The topological polar surface area (TPSA) is 118 Å². The molecule has 0 bridgehead atoms. The van der Waals surface area contributed by atoms with Crippen LogP contribution in [0.25, 0.3) is 0 Å². The molecule has 2 heterocycles. The zero-order valence-electron chi connectivity index (χ0n) is 12.2. The van der Waals surface area contributed by atoms with Gasteiger partial charge in [-0.2, -0.15) is 5.10 Å². The first kappa shape index (κ1) is 15.6. The second-order valence-electron chi connectivity index (χ2n) is 4.51. The molecule has 116 valence electrons. The van der Waals surface area contributed by atoms with Crippen LogP contribution in [0.1, 0.15) is 24.1 Å². The Morgan fingerprint density at radius 1 is 1.38 bits per heavy atom. The quantitative estimate of drug-likeness (QED) is 0.636. The number of nitrogens with zero attached hydrogens (tertiary/aromatic N) is 4. The third-order valence-electron chi connectivity index (χ3n) is 3.03. The van der Waals surface area contributed by atoms with E-state index in [9.17, 15) is 8.42 Å². The van der Waals surface area contributed by atoms with Gasteiger partial charge in [0.05, 0.1) is 17.9 Å². The van der Waals surface area contributed by atoms with Crippen LogP contribution in [0.2, 0.25) is 0 Å². The number of nitrogens with one attached hydrogen (secondary N) is 3. The minimum atomic E-state index is -3.67. The summed E-state index contributed by atoms with van der Waals surface area (Å²) in [7, 11) is -1.93. The van der Waals surface area contributed by atoms with Crippen molar-refractivity contribution in [1.29, 1.82) is 0 Å². The van der Waals surface area contributed by atoms with Crippen molar-refractivity contribution in [2.75, 3.05) is 7.05 Å². The molecule has 3 N–H and O–H groups in total. The molecule has 2 aromatic rings. The number of rotatable bonds is 7. The van der Waals surface area contributed by atoms with E-state index in [1.165, 1.54) is 0 Å². The van der Waals surface area contributed by atoms with Gasteiger partial charge in [-0.05, 0) is 20.9 Å². The third kappa shape index (κ3) is 3.28. The minimum Gasteiger partial charge on any atom is -0.317 e. The van der Waals surface area contributed by atoms with Gasteiger partial charge in [-0.1, -0.05) is 0 Å². The molecule has 0 aliphatic heterocycles. The molecule has 0 spiro atoms. The second-order valence-corrected chi connectivity index (χ2v) is 6.22. The molecule has 10 heteroatoms. The fourth-order valence-electron chi connectivity index (χ4n) is 2.02. The Morgan fingerprint density at radius 2 is 2.14 bits per heavy atom. The fourth-order valence-corrected chi connectivity index (χ4v) is 3.37. The normalized spacial score (nSPS) is 12.0. The monoisotopic (exact) mass is 313 g/mol. The zero-order chi connectivity index (χ0) is 15.5. The molecule has 0 atom stereocenters. The molecular formula is C11H19N7O2S. The maximum Gasteiger partial charge on any atom is 0.244 e. The van der Waals surface area contributed by atoms with Gasteiger partial charge in [0.1, 0.15) is 17.0 Å². The predicted molar refractivity (Wildman–Crippen MR) is 75.8 cm³/mol. The first-order valence-electron chi connectivity index (χ1n) is 6.54. The van der Waals surface area contributed by atoms with Crippen molar-refractivity contribution in [2.45, 2.75) is 38.4 Å².